The molecule has 1 aliphatic carbocycles. The van der Waals surface area contributed by atoms with Crippen LogP contribution in [0, 0.1) is 0 Å². The summed E-state index contributed by atoms with van der Waals surface area (Å²) in [5.74, 6) is -0.981. The third kappa shape index (κ3) is 2.33. The highest BCUT2D eigenvalue weighted by atomic mass is 35.5. The van der Waals surface area contributed by atoms with Gasteiger partial charge in [-0.25, -0.2) is 0 Å². The van der Waals surface area contributed by atoms with Gasteiger partial charge in [-0.2, -0.15) is 4.79 Å². The highest BCUT2D eigenvalue weighted by molar-refractivity contribution is 6.65. The second-order valence-electron chi connectivity index (χ2n) is 3.95. The smallest absolute Gasteiger partial charge is 0.360 e. The number of rotatable bonds is 1. The molecule has 0 amide bonds. The van der Waals surface area contributed by atoms with E-state index in [1.807, 2.05) is 0 Å². The van der Waals surface area contributed by atoms with Gasteiger partial charge in [-0.1, -0.05) is 23.7 Å². The van der Waals surface area contributed by atoms with Crippen LogP contribution in [-0.2, 0) is 9.59 Å². The zero-order valence-electron chi connectivity index (χ0n) is 8.89. The number of benzene rings is 1. The van der Waals surface area contributed by atoms with E-state index in [0.717, 1.165) is 5.56 Å². The van der Waals surface area contributed by atoms with Crippen molar-refractivity contribution >= 4 is 28.9 Å². The van der Waals surface area contributed by atoms with Crippen molar-refractivity contribution in [2.75, 3.05) is 0 Å². The van der Waals surface area contributed by atoms with Gasteiger partial charge in [0.15, 0.2) is 0 Å². The van der Waals surface area contributed by atoms with Crippen LogP contribution in [0.25, 0.3) is 5.53 Å². The second-order valence-corrected chi connectivity index (χ2v) is 4.39. The first-order chi connectivity index (χ1) is 8.11. The normalized spacial score (nSPS) is 20.3. The van der Waals surface area contributed by atoms with Crippen LogP contribution < -0.4 is 0 Å². The lowest BCUT2D eigenvalue weighted by atomic mass is 9.82. The third-order valence-electron chi connectivity index (χ3n) is 2.83. The number of hydrogen-bond donors (Lipinski definition) is 0. The number of nitrogens with zero attached hydrogens (tertiary/aromatic N) is 2. The van der Waals surface area contributed by atoms with Crippen molar-refractivity contribution in [1.29, 1.82) is 0 Å². The van der Waals surface area contributed by atoms with Gasteiger partial charge < -0.3 is 5.53 Å². The summed E-state index contributed by atoms with van der Waals surface area (Å²) in [6.45, 7) is 0. The van der Waals surface area contributed by atoms with Crippen LogP contribution in [0.4, 0.5) is 0 Å². The molecule has 0 spiro atoms. The summed E-state index contributed by atoms with van der Waals surface area (Å²) in [6.07, 6.45) is 0.375. The zero-order chi connectivity index (χ0) is 12.4. The molecule has 1 aliphatic rings. The van der Waals surface area contributed by atoms with Crippen molar-refractivity contribution in [3.8, 4) is 0 Å². The van der Waals surface area contributed by atoms with Crippen molar-refractivity contribution in [3.05, 3.63) is 40.4 Å². The Labute approximate surface area is 103 Å². The Bertz CT molecular complexity index is 510. The van der Waals surface area contributed by atoms with E-state index in [9.17, 15) is 9.59 Å². The lowest BCUT2D eigenvalue weighted by molar-refractivity contribution is -0.127. The Morgan fingerprint density at radius 1 is 1.12 bits per heavy atom. The fourth-order valence-corrected chi connectivity index (χ4v) is 2.08. The summed E-state index contributed by atoms with van der Waals surface area (Å²) < 4.78 is 0. The highest BCUT2D eigenvalue weighted by Gasteiger charge is 2.38. The summed E-state index contributed by atoms with van der Waals surface area (Å²) in [7, 11) is 0. The Kier molecular flexibility index (Phi) is 3.18. The van der Waals surface area contributed by atoms with Crippen molar-refractivity contribution in [2.24, 2.45) is 0 Å². The molecule has 0 bridgehead atoms. The average molecular weight is 249 g/mol. The summed E-state index contributed by atoms with van der Waals surface area (Å²) in [5, 5.41) is 0.611. The lowest BCUT2D eigenvalue weighted by Gasteiger charge is -2.17. The molecule has 5 heteroatoms. The van der Waals surface area contributed by atoms with E-state index in [1.165, 1.54) is 0 Å². The summed E-state index contributed by atoms with van der Waals surface area (Å²) in [4.78, 5) is 25.8. The molecule has 0 atom stereocenters. The molecule has 86 valence electrons. The van der Waals surface area contributed by atoms with Crippen molar-refractivity contribution in [2.45, 2.75) is 18.8 Å². The Morgan fingerprint density at radius 3 is 2.12 bits per heavy atom. The largest absolute Gasteiger partial charge is 0.400 e. The standard InChI is InChI=1S/C12H9ClN2O2/c13-9-3-1-7(2-4-9)8-5-10(16)12(15-14)11(17)6-8/h1-4,8H,5-6H2. The monoisotopic (exact) mass is 248 g/mol. The second kappa shape index (κ2) is 4.62. The van der Waals surface area contributed by atoms with Gasteiger partial charge in [-0.05, 0) is 23.6 Å². The Morgan fingerprint density at radius 2 is 1.65 bits per heavy atom. The van der Waals surface area contributed by atoms with Gasteiger partial charge in [-0.3, -0.25) is 9.59 Å². The van der Waals surface area contributed by atoms with Crippen LogP contribution in [-0.4, -0.2) is 22.1 Å². The topological polar surface area (TPSA) is 70.5 Å². The number of hydrogen-bond acceptors (Lipinski definition) is 2. The number of ketones is 2. The SMILES string of the molecule is [N-]=[N+]=C1C(=O)CC(c2ccc(Cl)cc2)CC1=O. The van der Waals surface area contributed by atoms with Gasteiger partial charge in [0.2, 0.25) is 11.6 Å². The van der Waals surface area contributed by atoms with Crippen LogP contribution in [0.2, 0.25) is 5.02 Å². The minimum Gasteiger partial charge on any atom is -0.360 e. The van der Waals surface area contributed by atoms with E-state index in [-0.39, 0.29) is 24.5 Å². The fraction of sp³-hybridized carbons (Fsp3) is 0.250. The molecule has 1 saturated carbocycles. The molecule has 0 N–H and O–H groups in total. The molecule has 1 aromatic carbocycles. The van der Waals surface area contributed by atoms with Gasteiger partial charge in [0, 0.05) is 17.9 Å². The molecule has 17 heavy (non-hydrogen) atoms. The molecule has 4 nitrogen and oxygen atoms in total. The molecular formula is C12H9ClN2O2. The molecule has 1 aromatic rings. The van der Waals surface area contributed by atoms with Crippen molar-refractivity contribution in [1.82, 2.24) is 0 Å². The average Bonchev–Trinajstić information content (AvgIpc) is 2.29. The number of carbonyl (C=O) groups is 2. The predicted molar refractivity (Wildman–Crippen MR) is 62.1 cm³/mol. The molecule has 0 heterocycles. The minimum atomic E-state index is -0.413. The van der Waals surface area contributed by atoms with Gasteiger partial charge >= 0.3 is 5.71 Å². The molecule has 2 rings (SSSR count). The molecule has 0 unspecified atom stereocenters. The Balaban J connectivity index is 2.26. The van der Waals surface area contributed by atoms with Gasteiger partial charge in [0.05, 0.1) is 0 Å². The van der Waals surface area contributed by atoms with E-state index in [1.54, 1.807) is 24.3 Å². The van der Waals surface area contributed by atoms with Crippen LogP contribution in [0.3, 0.4) is 0 Å². The minimum absolute atomic E-state index is 0.155. The van der Waals surface area contributed by atoms with Crippen molar-refractivity contribution in [3.63, 3.8) is 0 Å². The quantitative estimate of drug-likeness (QED) is 0.564. The van der Waals surface area contributed by atoms with E-state index < -0.39 is 11.6 Å². The van der Waals surface area contributed by atoms with Gasteiger partial charge in [0.1, 0.15) is 0 Å². The van der Waals surface area contributed by atoms with E-state index in [0.29, 0.717) is 5.02 Å². The van der Waals surface area contributed by atoms with Crippen LogP contribution in [0.5, 0.6) is 0 Å². The molecule has 0 saturated heterocycles. The van der Waals surface area contributed by atoms with Crippen molar-refractivity contribution < 1.29 is 14.4 Å². The first kappa shape index (κ1) is 11.7. The highest BCUT2D eigenvalue weighted by Crippen LogP contribution is 2.28. The van der Waals surface area contributed by atoms with E-state index in [4.69, 9.17) is 17.1 Å². The summed E-state index contributed by atoms with van der Waals surface area (Å²) >= 11 is 5.77. The summed E-state index contributed by atoms with van der Waals surface area (Å²) in [6, 6.07) is 7.05. The summed E-state index contributed by atoms with van der Waals surface area (Å²) in [5.41, 5.74) is 9.11. The molecule has 1 fully saturated rings. The maximum Gasteiger partial charge on any atom is 0.400 e. The van der Waals surface area contributed by atoms with Gasteiger partial charge in [0.25, 0.3) is 0 Å². The predicted octanol–water partition coefficient (Wildman–Crippen LogP) is 2.03. The van der Waals surface area contributed by atoms with Crippen LogP contribution in [0.1, 0.15) is 24.3 Å². The first-order valence-corrected chi connectivity index (χ1v) is 5.53. The van der Waals surface area contributed by atoms with E-state index in [2.05, 4.69) is 4.79 Å². The molecule has 0 aliphatic heterocycles. The molecular weight excluding hydrogens is 240 g/mol. The van der Waals surface area contributed by atoms with Crippen LogP contribution in [0.15, 0.2) is 24.3 Å². The maximum atomic E-state index is 11.5. The van der Waals surface area contributed by atoms with Gasteiger partial charge in [-0.15, -0.1) is 0 Å². The number of halogens is 1. The number of Topliss-reactive ketones (excluding diaryl/α,β-unsaturated/α-hetero) is 2. The maximum absolute atomic E-state index is 11.5. The third-order valence-corrected chi connectivity index (χ3v) is 3.09. The van der Waals surface area contributed by atoms with Crippen LogP contribution >= 0.6 is 11.6 Å². The molecule has 0 radical (unpaired) electrons. The zero-order valence-corrected chi connectivity index (χ0v) is 9.65. The van der Waals surface area contributed by atoms with E-state index >= 15 is 0 Å². The number of carbonyl (C=O) groups excluding carboxylic acids is 2. The first-order valence-electron chi connectivity index (χ1n) is 5.15. The lowest BCUT2D eigenvalue weighted by Crippen LogP contribution is -2.33. The Hall–Kier alpha value is -1.77. The fourth-order valence-electron chi connectivity index (χ4n) is 1.95. The molecule has 0 aromatic heterocycles.